The first-order valence-corrected chi connectivity index (χ1v) is 6.95. The molecule has 1 saturated carbocycles. The minimum Gasteiger partial charge on any atom is -0.321 e. The predicted molar refractivity (Wildman–Crippen MR) is 80.0 cm³/mol. The smallest absolute Gasteiger partial charge is 0.189 e. The van der Waals surface area contributed by atoms with Crippen molar-refractivity contribution in [2.24, 2.45) is 0 Å². The van der Waals surface area contributed by atoms with Crippen LogP contribution in [0.2, 0.25) is 0 Å². The molecule has 0 radical (unpaired) electrons. The molecule has 1 aromatic carbocycles. The third-order valence-electron chi connectivity index (χ3n) is 3.75. The summed E-state index contributed by atoms with van der Waals surface area (Å²) in [5.74, 6) is 0.924. The van der Waals surface area contributed by atoms with E-state index in [4.69, 9.17) is 11.6 Å². The van der Waals surface area contributed by atoms with Crippen LogP contribution in [0.15, 0.2) is 30.5 Å². The van der Waals surface area contributed by atoms with E-state index in [1.165, 1.54) is 12.8 Å². The van der Waals surface area contributed by atoms with Gasteiger partial charge in [-0.25, -0.2) is 9.83 Å². The van der Waals surface area contributed by atoms with Gasteiger partial charge in [0.1, 0.15) is 5.82 Å². The third kappa shape index (κ3) is 1.96. The lowest BCUT2D eigenvalue weighted by Crippen LogP contribution is -1.98. The van der Waals surface area contributed by atoms with E-state index in [0.717, 1.165) is 28.1 Å². The number of benzene rings is 1. The fraction of sp³-hybridized carbons (Fsp3) is 0.250. The fourth-order valence-corrected chi connectivity index (χ4v) is 2.66. The number of aryl methyl sites for hydroxylation is 1. The Labute approximate surface area is 122 Å². The van der Waals surface area contributed by atoms with E-state index in [9.17, 15) is 0 Å². The average molecular weight is 275 g/mol. The molecule has 1 aliphatic carbocycles. The molecule has 2 heterocycles. The lowest BCUT2D eigenvalue weighted by atomic mass is 10.2. The molecule has 4 rings (SSSR count). The molecule has 2 aromatic heterocycles. The molecular weight excluding hydrogens is 262 g/mol. The van der Waals surface area contributed by atoms with E-state index in [-0.39, 0.29) is 0 Å². The van der Waals surface area contributed by atoms with Gasteiger partial charge in [-0.1, -0.05) is 6.07 Å². The number of nitrogens with zero attached hydrogens (tertiary/aromatic N) is 5. The molecule has 0 N–H and O–H groups in total. The van der Waals surface area contributed by atoms with Crippen molar-refractivity contribution in [3.8, 4) is 11.4 Å². The van der Waals surface area contributed by atoms with E-state index in [2.05, 4.69) is 19.6 Å². The Bertz CT molecular complexity index is 883. The Balaban J connectivity index is 1.99. The summed E-state index contributed by atoms with van der Waals surface area (Å²) >= 11 is 0. The molecule has 0 spiro atoms. The minimum atomic E-state index is 0.511. The van der Waals surface area contributed by atoms with Crippen LogP contribution in [0, 0.1) is 13.5 Å². The summed E-state index contributed by atoms with van der Waals surface area (Å²) < 4.78 is 2.28. The molecule has 0 saturated heterocycles. The van der Waals surface area contributed by atoms with Crippen LogP contribution in [0.3, 0.4) is 0 Å². The fourth-order valence-electron chi connectivity index (χ4n) is 2.66. The number of aromatic nitrogens is 4. The van der Waals surface area contributed by atoms with E-state index in [0.29, 0.717) is 11.7 Å². The molecular formula is C16H13N5. The summed E-state index contributed by atoms with van der Waals surface area (Å²) in [6.07, 6.45) is 4.11. The maximum Gasteiger partial charge on any atom is 0.189 e. The molecule has 0 unspecified atom stereocenters. The Morgan fingerprint density at radius 3 is 2.86 bits per heavy atom. The first kappa shape index (κ1) is 12.0. The first-order valence-electron chi connectivity index (χ1n) is 6.95. The molecule has 1 fully saturated rings. The predicted octanol–water partition coefficient (Wildman–Crippen LogP) is 3.69. The molecule has 0 atom stereocenters. The van der Waals surface area contributed by atoms with Gasteiger partial charge in [0.25, 0.3) is 0 Å². The monoisotopic (exact) mass is 275 g/mol. The number of hydrogen-bond donors (Lipinski definition) is 0. The van der Waals surface area contributed by atoms with Crippen molar-refractivity contribution in [1.29, 1.82) is 0 Å². The van der Waals surface area contributed by atoms with Gasteiger partial charge in [-0.05, 0) is 38.0 Å². The van der Waals surface area contributed by atoms with Crippen molar-refractivity contribution in [3.63, 3.8) is 0 Å². The van der Waals surface area contributed by atoms with Crippen molar-refractivity contribution in [2.75, 3.05) is 0 Å². The Kier molecular flexibility index (Phi) is 2.51. The van der Waals surface area contributed by atoms with Crippen molar-refractivity contribution in [1.82, 2.24) is 19.7 Å². The van der Waals surface area contributed by atoms with Gasteiger partial charge >= 0.3 is 0 Å². The maximum absolute atomic E-state index is 7.14. The van der Waals surface area contributed by atoms with E-state index >= 15 is 0 Å². The van der Waals surface area contributed by atoms with Crippen LogP contribution in [0.25, 0.3) is 27.3 Å². The third-order valence-corrected chi connectivity index (χ3v) is 3.75. The highest BCUT2D eigenvalue weighted by Gasteiger charge is 2.28. The topological polar surface area (TPSA) is 48.0 Å². The normalized spacial score (nSPS) is 14.3. The largest absolute Gasteiger partial charge is 0.321 e. The summed E-state index contributed by atoms with van der Waals surface area (Å²) in [6, 6.07) is 8.22. The van der Waals surface area contributed by atoms with Crippen LogP contribution in [-0.4, -0.2) is 19.7 Å². The quantitative estimate of drug-likeness (QED) is 0.670. The second-order valence-electron chi connectivity index (χ2n) is 5.41. The summed E-state index contributed by atoms with van der Waals surface area (Å²) in [6.45, 7) is 9.07. The van der Waals surface area contributed by atoms with E-state index in [1.807, 2.05) is 31.2 Å². The van der Waals surface area contributed by atoms with Gasteiger partial charge in [-0.15, -0.1) is 0 Å². The highest BCUT2D eigenvalue weighted by Crippen LogP contribution is 2.41. The van der Waals surface area contributed by atoms with Gasteiger partial charge in [0.2, 0.25) is 0 Å². The average Bonchev–Trinajstić information content (AvgIpc) is 3.26. The maximum atomic E-state index is 7.14. The molecule has 21 heavy (non-hydrogen) atoms. The summed E-state index contributed by atoms with van der Waals surface area (Å²) in [7, 11) is 0. The molecule has 5 heteroatoms. The Morgan fingerprint density at radius 1 is 1.29 bits per heavy atom. The molecule has 0 amide bonds. The van der Waals surface area contributed by atoms with Crippen LogP contribution in [0.4, 0.5) is 5.69 Å². The summed E-state index contributed by atoms with van der Waals surface area (Å²) in [4.78, 5) is 8.23. The highest BCUT2D eigenvalue weighted by atomic mass is 15.1. The van der Waals surface area contributed by atoms with Crippen LogP contribution < -0.4 is 0 Å². The summed E-state index contributed by atoms with van der Waals surface area (Å²) in [5.41, 5.74) is 4.45. The minimum absolute atomic E-state index is 0.511. The molecule has 102 valence electrons. The van der Waals surface area contributed by atoms with Gasteiger partial charge < -0.3 is 4.57 Å². The highest BCUT2D eigenvalue weighted by molar-refractivity contribution is 5.84. The number of imidazole rings is 1. The Hall–Kier alpha value is -2.74. The molecule has 5 nitrogen and oxygen atoms in total. The van der Waals surface area contributed by atoms with Crippen LogP contribution >= 0.6 is 0 Å². The van der Waals surface area contributed by atoms with Gasteiger partial charge in [-0.3, -0.25) is 0 Å². The van der Waals surface area contributed by atoms with Gasteiger partial charge in [-0.2, -0.15) is 10.2 Å². The van der Waals surface area contributed by atoms with Crippen LogP contribution in [0.1, 0.15) is 24.6 Å². The molecule has 3 aromatic rings. The molecule has 1 aliphatic rings. The van der Waals surface area contributed by atoms with Crippen molar-refractivity contribution < 1.29 is 0 Å². The molecule has 0 aliphatic heterocycles. The van der Waals surface area contributed by atoms with E-state index in [1.54, 1.807) is 6.20 Å². The lowest BCUT2D eigenvalue weighted by Gasteiger charge is -2.07. The number of rotatable bonds is 2. The second-order valence-corrected chi connectivity index (χ2v) is 5.41. The van der Waals surface area contributed by atoms with Gasteiger partial charge in [0.05, 0.1) is 29.5 Å². The van der Waals surface area contributed by atoms with Crippen LogP contribution in [-0.2, 0) is 0 Å². The van der Waals surface area contributed by atoms with Crippen molar-refractivity contribution in [2.45, 2.75) is 25.8 Å². The molecule has 0 bridgehead atoms. The van der Waals surface area contributed by atoms with Gasteiger partial charge in [0.15, 0.2) is 5.69 Å². The lowest BCUT2D eigenvalue weighted by molar-refractivity contribution is 0.773. The number of hydrogen-bond acceptors (Lipinski definition) is 3. The second kappa shape index (κ2) is 4.38. The van der Waals surface area contributed by atoms with E-state index < -0.39 is 0 Å². The zero-order valence-corrected chi connectivity index (χ0v) is 11.6. The SMILES string of the molecule is [C-]#[N+]c1ccc2c(c1)nc(-c1cnnc(C)c1)n2C1CC1. The van der Waals surface area contributed by atoms with Crippen molar-refractivity contribution >= 4 is 16.7 Å². The summed E-state index contributed by atoms with van der Waals surface area (Å²) in [5, 5.41) is 8.04. The van der Waals surface area contributed by atoms with Crippen LogP contribution in [0.5, 0.6) is 0 Å². The zero-order valence-electron chi connectivity index (χ0n) is 11.6. The standard InChI is InChI=1S/C16H13N5/c1-10-7-11(9-18-20-10)16-19-14-8-12(17-2)3-6-15(14)21(16)13-4-5-13/h3,6-9,13H,4-5H2,1H3. The van der Waals surface area contributed by atoms with Crippen molar-refractivity contribution in [3.05, 3.63) is 47.6 Å². The first-order chi connectivity index (χ1) is 10.3. The zero-order chi connectivity index (χ0) is 14.4. The van der Waals surface area contributed by atoms with Gasteiger partial charge in [0, 0.05) is 11.6 Å². The Morgan fingerprint density at radius 2 is 2.14 bits per heavy atom. The number of fused-ring (bicyclic) bond motifs is 1.